The average Bonchev–Trinajstić information content (AvgIpc) is 3.27. The summed E-state index contributed by atoms with van der Waals surface area (Å²) in [5.41, 5.74) is 3.90. The lowest BCUT2D eigenvalue weighted by molar-refractivity contribution is -0.127. The molecular weight excluding hydrogens is 465 g/mol. The van der Waals surface area contributed by atoms with Crippen molar-refractivity contribution >= 4 is 27.6 Å². The first-order valence-electron chi connectivity index (χ1n) is 12.1. The minimum atomic E-state index is -4.25. The van der Waals surface area contributed by atoms with Gasteiger partial charge in [0.1, 0.15) is 23.9 Å². The van der Waals surface area contributed by atoms with Gasteiger partial charge in [0.05, 0.1) is 11.9 Å². The van der Waals surface area contributed by atoms with E-state index in [0.29, 0.717) is 16.6 Å². The Morgan fingerprint density at radius 3 is 2.58 bits per heavy atom. The molecule has 6 rings (SSSR count). The standard InChI is InChI=1S/C27H25F3N6/c28-27(29,30)12-18-4-5-23-22(10-18)25(33-17-32-23)36-15-26(16-36)6-8-35(9-7-26)14-19-2-1-3-24-21(19)11-20(13-31)34-24/h1-5,10-11,17,34H,6-9,12,14-16H2. The molecule has 0 atom stereocenters. The molecule has 1 N–H and O–H groups in total. The van der Waals surface area contributed by atoms with E-state index in [4.69, 9.17) is 0 Å². The Morgan fingerprint density at radius 2 is 1.83 bits per heavy atom. The minimum absolute atomic E-state index is 0.214. The summed E-state index contributed by atoms with van der Waals surface area (Å²) in [5.74, 6) is 0.726. The smallest absolute Gasteiger partial charge is 0.355 e. The SMILES string of the molecule is N#Cc1cc2c(CN3CCC4(CC3)CN(c3ncnc5ccc(CC(F)(F)F)cc35)C4)cccc2[nH]1. The molecule has 0 amide bonds. The average molecular weight is 491 g/mol. The molecule has 4 aromatic rings. The van der Waals surface area contributed by atoms with Gasteiger partial charge in [-0.2, -0.15) is 18.4 Å². The third-order valence-electron chi connectivity index (χ3n) is 7.62. The van der Waals surface area contributed by atoms with Gasteiger partial charge >= 0.3 is 6.18 Å². The number of rotatable bonds is 4. The summed E-state index contributed by atoms with van der Waals surface area (Å²) in [6.07, 6.45) is -1.57. The van der Waals surface area contributed by atoms with E-state index in [1.165, 1.54) is 18.0 Å². The molecule has 9 heteroatoms. The molecule has 2 aliphatic heterocycles. The second kappa shape index (κ2) is 8.49. The molecular formula is C27H25F3N6. The predicted octanol–water partition coefficient (Wildman–Crippen LogP) is 5.19. The summed E-state index contributed by atoms with van der Waals surface area (Å²) in [7, 11) is 0. The molecule has 0 bridgehead atoms. The van der Waals surface area contributed by atoms with Crippen LogP contribution in [0, 0.1) is 16.7 Å². The van der Waals surface area contributed by atoms with Gasteiger partial charge in [-0.05, 0) is 61.3 Å². The molecule has 4 heterocycles. The fourth-order valence-electron chi connectivity index (χ4n) is 5.76. The van der Waals surface area contributed by atoms with Crippen LogP contribution in [0.1, 0.15) is 29.7 Å². The number of nitriles is 1. The van der Waals surface area contributed by atoms with Crippen LogP contribution in [0.5, 0.6) is 0 Å². The number of hydrogen-bond donors (Lipinski definition) is 1. The molecule has 0 unspecified atom stereocenters. The lowest BCUT2D eigenvalue weighted by Crippen LogP contribution is -2.60. The number of halogens is 3. The van der Waals surface area contributed by atoms with Gasteiger partial charge in [0, 0.05) is 41.3 Å². The number of aromatic nitrogens is 3. The lowest BCUT2D eigenvalue weighted by Gasteiger charge is -2.54. The number of fused-ring (bicyclic) bond motifs is 2. The zero-order valence-electron chi connectivity index (χ0n) is 19.6. The lowest BCUT2D eigenvalue weighted by atomic mass is 9.72. The number of alkyl halides is 3. The fourth-order valence-corrected chi connectivity index (χ4v) is 5.76. The third-order valence-corrected chi connectivity index (χ3v) is 7.62. The molecule has 184 valence electrons. The van der Waals surface area contributed by atoms with Gasteiger partial charge in [0.2, 0.25) is 0 Å². The number of piperidine rings is 1. The van der Waals surface area contributed by atoms with Crippen molar-refractivity contribution in [3.8, 4) is 6.07 Å². The highest BCUT2D eigenvalue weighted by Crippen LogP contribution is 2.44. The number of aromatic amines is 1. The third kappa shape index (κ3) is 4.26. The van der Waals surface area contributed by atoms with Gasteiger partial charge in [-0.1, -0.05) is 18.2 Å². The van der Waals surface area contributed by atoms with Crippen LogP contribution in [0.4, 0.5) is 19.0 Å². The monoisotopic (exact) mass is 490 g/mol. The number of anilines is 1. The van der Waals surface area contributed by atoms with Crippen LogP contribution in [-0.2, 0) is 13.0 Å². The van der Waals surface area contributed by atoms with E-state index >= 15 is 0 Å². The van der Waals surface area contributed by atoms with Crippen molar-refractivity contribution in [2.45, 2.75) is 32.0 Å². The van der Waals surface area contributed by atoms with Crippen molar-refractivity contribution < 1.29 is 13.2 Å². The molecule has 0 radical (unpaired) electrons. The predicted molar refractivity (Wildman–Crippen MR) is 131 cm³/mol. The molecule has 2 aromatic heterocycles. The Labute approximate surface area is 206 Å². The molecule has 6 nitrogen and oxygen atoms in total. The zero-order valence-corrected chi connectivity index (χ0v) is 19.6. The Bertz CT molecular complexity index is 1470. The highest BCUT2D eigenvalue weighted by atomic mass is 19.4. The second-order valence-electron chi connectivity index (χ2n) is 10.1. The number of hydrogen-bond acceptors (Lipinski definition) is 5. The molecule has 2 saturated heterocycles. The van der Waals surface area contributed by atoms with Crippen LogP contribution in [0.2, 0.25) is 0 Å². The molecule has 1 spiro atoms. The molecule has 36 heavy (non-hydrogen) atoms. The minimum Gasteiger partial charge on any atom is -0.355 e. The van der Waals surface area contributed by atoms with Crippen LogP contribution in [-0.4, -0.2) is 52.2 Å². The largest absolute Gasteiger partial charge is 0.393 e. The van der Waals surface area contributed by atoms with Crippen LogP contribution in [0.3, 0.4) is 0 Å². The van der Waals surface area contributed by atoms with Gasteiger partial charge in [-0.3, -0.25) is 4.90 Å². The highest BCUT2D eigenvalue weighted by Gasteiger charge is 2.45. The summed E-state index contributed by atoms with van der Waals surface area (Å²) in [6.45, 7) is 4.53. The molecule has 0 saturated carbocycles. The van der Waals surface area contributed by atoms with Gasteiger partial charge in [-0.15, -0.1) is 0 Å². The van der Waals surface area contributed by atoms with Gasteiger partial charge in [-0.25, -0.2) is 9.97 Å². The van der Waals surface area contributed by atoms with Crippen molar-refractivity contribution in [1.82, 2.24) is 19.9 Å². The first-order chi connectivity index (χ1) is 17.3. The second-order valence-corrected chi connectivity index (χ2v) is 10.1. The molecule has 2 aliphatic rings. The quantitative estimate of drug-likeness (QED) is 0.426. The Hall–Kier alpha value is -3.64. The van der Waals surface area contributed by atoms with Crippen molar-refractivity contribution in [3.63, 3.8) is 0 Å². The van der Waals surface area contributed by atoms with E-state index in [1.54, 1.807) is 12.1 Å². The van der Waals surface area contributed by atoms with Crippen LogP contribution in [0.25, 0.3) is 21.8 Å². The maximum Gasteiger partial charge on any atom is 0.393 e. The van der Waals surface area contributed by atoms with Gasteiger partial charge < -0.3 is 9.88 Å². The number of H-pyrrole nitrogens is 1. The highest BCUT2D eigenvalue weighted by molar-refractivity contribution is 5.90. The topological polar surface area (TPSA) is 71.8 Å². The van der Waals surface area contributed by atoms with E-state index in [-0.39, 0.29) is 11.0 Å². The summed E-state index contributed by atoms with van der Waals surface area (Å²) >= 11 is 0. The number of nitrogens with zero attached hydrogens (tertiary/aromatic N) is 5. The molecule has 2 fully saturated rings. The van der Waals surface area contributed by atoms with Crippen LogP contribution >= 0.6 is 0 Å². The number of likely N-dealkylation sites (tertiary alicyclic amines) is 1. The summed E-state index contributed by atoms with van der Waals surface area (Å²) in [6, 6.07) is 15.0. The first kappa shape index (κ1) is 22.8. The first-order valence-corrected chi connectivity index (χ1v) is 12.1. The van der Waals surface area contributed by atoms with E-state index in [0.717, 1.165) is 62.3 Å². The Balaban J connectivity index is 1.13. The van der Waals surface area contributed by atoms with E-state index in [1.807, 2.05) is 18.2 Å². The van der Waals surface area contributed by atoms with E-state index in [9.17, 15) is 18.4 Å². The van der Waals surface area contributed by atoms with Gasteiger partial charge in [0.25, 0.3) is 0 Å². The maximum atomic E-state index is 12.9. The van der Waals surface area contributed by atoms with E-state index < -0.39 is 12.6 Å². The summed E-state index contributed by atoms with van der Waals surface area (Å²) in [5, 5.41) is 11.0. The van der Waals surface area contributed by atoms with Crippen LogP contribution in [0.15, 0.2) is 48.8 Å². The molecule has 0 aliphatic carbocycles. The van der Waals surface area contributed by atoms with Crippen molar-refractivity contribution in [3.05, 3.63) is 65.6 Å². The normalized spacial score (nSPS) is 18.0. The number of nitrogens with one attached hydrogen (secondary N) is 1. The summed E-state index contributed by atoms with van der Waals surface area (Å²) < 4.78 is 38.8. The van der Waals surface area contributed by atoms with Crippen molar-refractivity contribution in [1.29, 1.82) is 5.26 Å². The molecule has 2 aromatic carbocycles. The van der Waals surface area contributed by atoms with E-state index in [2.05, 4.69) is 36.9 Å². The fraction of sp³-hybridized carbons (Fsp3) is 0.370. The zero-order chi connectivity index (χ0) is 24.9. The van der Waals surface area contributed by atoms with Crippen molar-refractivity contribution in [2.75, 3.05) is 31.1 Å². The van der Waals surface area contributed by atoms with Crippen LogP contribution < -0.4 is 4.90 Å². The van der Waals surface area contributed by atoms with Crippen molar-refractivity contribution in [2.24, 2.45) is 5.41 Å². The maximum absolute atomic E-state index is 12.9. The Morgan fingerprint density at radius 1 is 1.03 bits per heavy atom. The van der Waals surface area contributed by atoms with Gasteiger partial charge in [0.15, 0.2) is 0 Å². The summed E-state index contributed by atoms with van der Waals surface area (Å²) in [4.78, 5) is 16.5. The number of benzene rings is 2. The Kier molecular flexibility index (Phi) is 5.38.